The Balaban J connectivity index is 2.40. The molecule has 114 valence electrons. The molecule has 0 fully saturated rings. The van der Waals surface area contributed by atoms with Crippen LogP contribution in [0.3, 0.4) is 0 Å². The molecule has 1 atom stereocenters. The molecule has 4 heteroatoms. The molecule has 0 spiro atoms. The molecule has 1 rings (SSSR count). The van der Waals surface area contributed by atoms with Crippen LogP contribution in [0.25, 0.3) is 0 Å². The van der Waals surface area contributed by atoms with Crippen molar-refractivity contribution in [3.63, 3.8) is 0 Å². The molecule has 1 amide bonds. The molecule has 0 aromatic heterocycles. The maximum atomic E-state index is 11.8. The number of carbonyl (C=O) groups excluding carboxylic acids is 1. The lowest BCUT2D eigenvalue weighted by Gasteiger charge is -2.13. The highest BCUT2D eigenvalue weighted by atomic mass is 16.5. The Kier molecular flexibility index (Phi) is 7.31. The third kappa shape index (κ3) is 6.80. The van der Waals surface area contributed by atoms with Crippen LogP contribution in [0.5, 0.6) is 5.75 Å². The highest BCUT2D eigenvalue weighted by Crippen LogP contribution is 2.13. The van der Waals surface area contributed by atoms with Crippen LogP contribution < -0.4 is 10.1 Å². The van der Waals surface area contributed by atoms with Crippen LogP contribution in [0.2, 0.25) is 0 Å². The predicted octanol–water partition coefficient (Wildman–Crippen LogP) is 3.07. The summed E-state index contributed by atoms with van der Waals surface area (Å²) in [6, 6.07) is 9.50. The molecule has 21 heavy (non-hydrogen) atoms. The summed E-state index contributed by atoms with van der Waals surface area (Å²) in [7, 11) is 0. The molecule has 0 heterocycles. The highest BCUT2D eigenvalue weighted by Gasteiger charge is 2.12. The van der Waals surface area contributed by atoms with E-state index in [1.54, 1.807) is 0 Å². The molecule has 0 saturated carbocycles. The lowest BCUT2D eigenvalue weighted by molar-refractivity contribution is -0.121. The van der Waals surface area contributed by atoms with E-state index in [4.69, 9.17) is 10.00 Å². The van der Waals surface area contributed by atoms with E-state index in [1.807, 2.05) is 45.0 Å². The van der Waals surface area contributed by atoms with Crippen molar-refractivity contribution in [2.75, 3.05) is 6.61 Å². The van der Waals surface area contributed by atoms with Gasteiger partial charge in [0.05, 0.1) is 12.7 Å². The molecule has 0 unspecified atom stereocenters. The summed E-state index contributed by atoms with van der Waals surface area (Å²) in [5.74, 6) is 1.16. The first-order valence-corrected chi connectivity index (χ1v) is 7.45. The first-order chi connectivity index (χ1) is 10.0. The van der Waals surface area contributed by atoms with Crippen molar-refractivity contribution in [3.05, 3.63) is 29.8 Å². The van der Waals surface area contributed by atoms with Gasteiger partial charge < -0.3 is 10.1 Å². The van der Waals surface area contributed by atoms with Crippen molar-refractivity contribution in [1.29, 1.82) is 5.26 Å². The zero-order chi connectivity index (χ0) is 15.7. The molecule has 1 aromatic rings. The van der Waals surface area contributed by atoms with Crippen LogP contribution in [0.4, 0.5) is 0 Å². The minimum atomic E-state index is -0.391. The van der Waals surface area contributed by atoms with Gasteiger partial charge in [-0.05, 0) is 43.4 Å². The quantitative estimate of drug-likeness (QED) is 0.799. The summed E-state index contributed by atoms with van der Waals surface area (Å²) in [4.78, 5) is 11.8. The summed E-state index contributed by atoms with van der Waals surface area (Å²) < 4.78 is 5.38. The Labute approximate surface area is 127 Å². The van der Waals surface area contributed by atoms with Gasteiger partial charge in [-0.25, -0.2) is 0 Å². The lowest BCUT2D eigenvalue weighted by Crippen LogP contribution is -2.34. The highest BCUT2D eigenvalue weighted by molar-refractivity contribution is 5.76. The second-order valence-corrected chi connectivity index (χ2v) is 5.46. The molecule has 4 nitrogen and oxygen atoms in total. The predicted molar refractivity (Wildman–Crippen MR) is 82.9 cm³/mol. The second-order valence-electron chi connectivity index (χ2n) is 5.46. The largest absolute Gasteiger partial charge is 0.494 e. The van der Waals surface area contributed by atoms with Crippen LogP contribution in [-0.2, 0) is 11.2 Å². The van der Waals surface area contributed by atoms with Gasteiger partial charge in [-0.1, -0.05) is 26.0 Å². The molecule has 0 aliphatic rings. The minimum absolute atomic E-state index is 0.0731. The number of hydrogen-bond acceptors (Lipinski definition) is 3. The van der Waals surface area contributed by atoms with Gasteiger partial charge in [-0.2, -0.15) is 5.26 Å². The fourth-order valence-electron chi connectivity index (χ4n) is 2.06. The molecule has 0 saturated heterocycles. The summed E-state index contributed by atoms with van der Waals surface area (Å²) in [5, 5.41) is 11.8. The molecular formula is C17H24N2O2. The Bertz CT molecular complexity index is 475. The number of nitrogens with zero attached hydrogens (tertiary/aromatic N) is 1. The molecule has 0 bridgehead atoms. The van der Waals surface area contributed by atoms with Gasteiger partial charge in [0.25, 0.3) is 0 Å². The lowest BCUT2D eigenvalue weighted by atomic mass is 10.0. The number of nitriles is 1. The molecule has 0 aliphatic carbocycles. The summed E-state index contributed by atoms with van der Waals surface area (Å²) in [6.07, 6.45) is 1.74. The van der Waals surface area contributed by atoms with Crippen LogP contribution in [-0.4, -0.2) is 18.6 Å². The third-order valence-electron chi connectivity index (χ3n) is 3.07. The van der Waals surface area contributed by atoms with E-state index in [1.165, 1.54) is 0 Å². The number of nitrogens with one attached hydrogen (secondary N) is 1. The molecular weight excluding hydrogens is 264 g/mol. The molecule has 0 radical (unpaired) electrons. The average molecular weight is 288 g/mol. The van der Waals surface area contributed by atoms with Gasteiger partial charge in [0.1, 0.15) is 11.8 Å². The van der Waals surface area contributed by atoms with Gasteiger partial charge in [0.2, 0.25) is 5.91 Å². The third-order valence-corrected chi connectivity index (χ3v) is 3.07. The van der Waals surface area contributed by atoms with E-state index in [2.05, 4.69) is 11.4 Å². The second kappa shape index (κ2) is 9.02. The van der Waals surface area contributed by atoms with E-state index >= 15 is 0 Å². The molecule has 0 aliphatic heterocycles. The van der Waals surface area contributed by atoms with Crippen LogP contribution in [0, 0.1) is 17.2 Å². The monoisotopic (exact) mass is 288 g/mol. The first kappa shape index (κ1) is 17.0. The SMILES string of the molecule is CCOc1ccc(CCC(=O)N[C@H](C#N)CC(C)C)cc1. The fourth-order valence-corrected chi connectivity index (χ4v) is 2.06. The van der Waals surface area contributed by atoms with Crippen molar-refractivity contribution >= 4 is 5.91 Å². The normalized spacial score (nSPS) is 11.8. The number of aryl methyl sites for hydroxylation is 1. The number of ether oxygens (including phenoxy) is 1. The molecule has 1 aromatic carbocycles. The summed E-state index contributed by atoms with van der Waals surface area (Å²) in [5.41, 5.74) is 1.09. The van der Waals surface area contributed by atoms with Gasteiger partial charge in [0.15, 0.2) is 0 Å². The summed E-state index contributed by atoms with van der Waals surface area (Å²) in [6.45, 7) is 6.67. The smallest absolute Gasteiger partial charge is 0.221 e. The van der Waals surface area contributed by atoms with Crippen molar-refractivity contribution in [2.45, 2.75) is 46.1 Å². The standard InChI is InChI=1S/C17H24N2O2/c1-4-21-16-8-5-14(6-9-16)7-10-17(20)19-15(12-18)11-13(2)3/h5-6,8-9,13,15H,4,7,10-11H2,1-3H3,(H,19,20)/t15-/m0/s1. The number of hydrogen-bond donors (Lipinski definition) is 1. The van der Waals surface area contributed by atoms with Gasteiger partial charge >= 0.3 is 0 Å². The van der Waals surface area contributed by atoms with Crippen LogP contribution >= 0.6 is 0 Å². The van der Waals surface area contributed by atoms with Crippen LogP contribution in [0.15, 0.2) is 24.3 Å². The van der Waals surface area contributed by atoms with Crippen molar-refractivity contribution in [1.82, 2.24) is 5.32 Å². The Morgan fingerprint density at radius 3 is 2.52 bits per heavy atom. The van der Waals surface area contributed by atoms with Crippen molar-refractivity contribution in [2.24, 2.45) is 5.92 Å². The van der Waals surface area contributed by atoms with E-state index < -0.39 is 6.04 Å². The van der Waals surface area contributed by atoms with Gasteiger partial charge in [0, 0.05) is 6.42 Å². The van der Waals surface area contributed by atoms with E-state index in [0.29, 0.717) is 31.8 Å². The van der Waals surface area contributed by atoms with E-state index in [-0.39, 0.29) is 5.91 Å². The number of benzene rings is 1. The Morgan fingerprint density at radius 2 is 2.00 bits per heavy atom. The maximum absolute atomic E-state index is 11.8. The van der Waals surface area contributed by atoms with Gasteiger partial charge in [-0.15, -0.1) is 0 Å². The number of amides is 1. The van der Waals surface area contributed by atoms with Crippen molar-refractivity contribution in [3.8, 4) is 11.8 Å². The maximum Gasteiger partial charge on any atom is 0.221 e. The Hall–Kier alpha value is -2.02. The zero-order valence-corrected chi connectivity index (χ0v) is 13.1. The minimum Gasteiger partial charge on any atom is -0.494 e. The van der Waals surface area contributed by atoms with E-state index in [0.717, 1.165) is 11.3 Å². The Morgan fingerprint density at radius 1 is 1.33 bits per heavy atom. The number of rotatable bonds is 8. The van der Waals surface area contributed by atoms with Crippen LogP contribution in [0.1, 0.15) is 39.2 Å². The first-order valence-electron chi connectivity index (χ1n) is 7.45. The zero-order valence-electron chi connectivity index (χ0n) is 13.1. The van der Waals surface area contributed by atoms with Gasteiger partial charge in [-0.3, -0.25) is 4.79 Å². The number of carbonyl (C=O) groups is 1. The topological polar surface area (TPSA) is 62.1 Å². The molecule has 1 N–H and O–H groups in total. The fraction of sp³-hybridized carbons (Fsp3) is 0.529. The van der Waals surface area contributed by atoms with Crippen molar-refractivity contribution < 1.29 is 9.53 Å². The van der Waals surface area contributed by atoms with E-state index in [9.17, 15) is 4.79 Å². The average Bonchev–Trinajstić information content (AvgIpc) is 2.45. The summed E-state index contributed by atoms with van der Waals surface area (Å²) >= 11 is 0.